The van der Waals surface area contributed by atoms with Crippen LogP contribution in [0.3, 0.4) is 0 Å². The summed E-state index contributed by atoms with van der Waals surface area (Å²) < 4.78 is 0. The lowest BCUT2D eigenvalue weighted by molar-refractivity contribution is 0.253. The summed E-state index contributed by atoms with van der Waals surface area (Å²) in [6.07, 6.45) is 2.74. The number of hydrogen-bond donors (Lipinski definition) is 1. The van der Waals surface area contributed by atoms with Crippen LogP contribution in [0.15, 0.2) is 0 Å². The zero-order chi connectivity index (χ0) is 7.68. The summed E-state index contributed by atoms with van der Waals surface area (Å²) in [5.74, 6) is 0.974. The number of nitrogens with one attached hydrogen (secondary N) is 1. The fourth-order valence-electron chi connectivity index (χ4n) is 2.50. The Morgan fingerprint density at radius 3 is 3.00 bits per heavy atom. The molecule has 0 aromatic rings. The first kappa shape index (κ1) is 10.3. The highest BCUT2D eigenvalue weighted by molar-refractivity contribution is 5.85. The maximum atomic E-state index is 3.47. The predicted octanol–water partition coefficient (Wildman–Crippen LogP) is 1.11. The smallest absolute Gasteiger partial charge is 0.0261 e. The quantitative estimate of drug-likeness (QED) is 0.702. The number of nitrogens with zero attached hydrogens (tertiary/aromatic N) is 1. The van der Waals surface area contributed by atoms with Gasteiger partial charge in [-0.3, -0.25) is 4.90 Å². The van der Waals surface area contributed by atoms with Crippen molar-refractivity contribution in [2.75, 3.05) is 26.2 Å². The molecule has 2 atom stereocenters. The Balaban J connectivity index is 0.000000720. The van der Waals surface area contributed by atoms with E-state index in [1.165, 1.54) is 39.0 Å². The largest absolute Gasteiger partial charge is 0.315 e. The van der Waals surface area contributed by atoms with E-state index in [0.717, 1.165) is 12.0 Å². The molecule has 0 amide bonds. The lowest BCUT2D eigenvalue weighted by Crippen LogP contribution is -2.34. The zero-order valence-electron chi connectivity index (χ0n) is 7.75. The average molecular weight is 191 g/mol. The van der Waals surface area contributed by atoms with Crippen molar-refractivity contribution < 1.29 is 0 Å². The number of fused-ring (bicyclic) bond motifs is 1. The second-order valence-electron chi connectivity index (χ2n) is 3.81. The highest BCUT2D eigenvalue weighted by Gasteiger charge is 2.36. The molecule has 72 valence electrons. The van der Waals surface area contributed by atoms with Crippen LogP contribution < -0.4 is 5.32 Å². The number of rotatable bonds is 2. The lowest BCUT2D eigenvalue weighted by atomic mass is 10.1. The fourth-order valence-corrected chi connectivity index (χ4v) is 2.50. The van der Waals surface area contributed by atoms with Crippen LogP contribution in [0, 0.1) is 5.92 Å². The topological polar surface area (TPSA) is 15.3 Å². The monoisotopic (exact) mass is 190 g/mol. The van der Waals surface area contributed by atoms with E-state index >= 15 is 0 Å². The molecule has 0 unspecified atom stereocenters. The summed E-state index contributed by atoms with van der Waals surface area (Å²) in [4.78, 5) is 2.66. The molecule has 0 radical (unpaired) electrons. The molecule has 2 aliphatic rings. The predicted molar refractivity (Wildman–Crippen MR) is 53.9 cm³/mol. The molecule has 1 N–H and O–H groups in total. The molecule has 2 fully saturated rings. The summed E-state index contributed by atoms with van der Waals surface area (Å²) in [6, 6.07) is 0.884. The van der Waals surface area contributed by atoms with Gasteiger partial charge < -0.3 is 5.32 Å². The molecule has 0 aromatic heterocycles. The molecule has 0 aromatic carbocycles. The van der Waals surface area contributed by atoms with E-state index < -0.39 is 0 Å². The molecule has 2 heterocycles. The molecule has 12 heavy (non-hydrogen) atoms. The molecule has 3 heteroatoms. The molecule has 0 saturated carbocycles. The van der Waals surface area contributed by atoms with E-state index in [-0.39, 0.29) is 12.4 Å². The van der Waals surface area contributed by atoms with Crippen LogP contribution in [0.5, 0.6) is 0 Å². The maximum absolute atomic E-state index is 3.47. The molecular weight excluding hydrogens is 172 g/mol. The molecule has 2 aliphatic heterocycles. The highest BCUT2D eigenvalue weighted by atomic mass is 35.5. The minimum Gasteiger partial charge on any atom is -0.315 e. The average Bonchev–Trinajstić information content (AvgIpc) is 2.53. The first-order valence-electron chi connectivity index (χ1n) is 4.86. The van der Waals surface area contributed by atoms with Crippen molar-refractivity contribution in [1.29, 1.82) is 0 Å². The Hall–Kier alpha value is 0.210. The SMILES string of the molecule is CCCN1CC[C@H]2CNC[C@H]21.Cl. The van der Waals surface area contributed by atoms with Gasteiger partial charge in [-0.25, -0.2) is 0 Å². The minimum atomic E-state index is 0. The van der Waals surface area contributed by atoms with Gasteiger partial charge in [-0.15, -0.1) is 12.4 Å². The van der Waals surface area contributed by atoms with E-state index in [2.05, 4.69) is 17.1 Å². The van der Waals surface area contributed by atoms with Crippen molar-refractivity contribution >= 4 is 12.4 Å². The van der Waals surface area contributed by atoms with Crippen molar-refractivity contribution in [3.63, 3.8) is 0 Å². The maximum Gasteiger partial charge on any atom is 0.0261 e. The molecule has 0 aliphatic carbocycles. The third-order valence-corrected chi connectivity index (χ3v) is 3.07. The summed E-state index contributed by atoms with van der Waals surface area (Å²) in [5.41, 5.74) is 0. The van der Waals surface area contributed by atoms with Crippen molar-refractivity contribution in [2.45, 2.75) is 25.8 Å². The molecular formula is C9H19ClN2. The van der Waals surface area contributed by atoms with Gasteiger partial charge in [-0.05, 0) is 38.4 Å². The normalized spacial score (nSPS) is 34.8. The Morgan fingerprint density at radius 2 is 2.25 bits per heavy atom. The summed E-state index contributed by atoms with van der Waals surface area (Å²) >= 11 is 0. The van der Waals surface area contributed by atoms with Crippen LogP contribution >= 0.6 is 12.4 Å². The molecule has 0 spiro atoms. The van der Waals surface area contributed by atoms with Crippen molar-refractivity contribution in [3.8, 4) is 0 Å². The van der Waals surface area contributed by atoms with E-state index in [0.29, 0.717) is 0 Å². The fraction of sp³-hybridized carbons (Fsp3) is 1.00. The Kier molecular flexibility index (Phi) is 3.81. The van der Waals surface area contributed by atoms with E-state index in [1.807, 2.05) is 0 Å². The van der Waals surface area contributed by atoms with Crippen molar-refractivity contribution in [1.82, 2.24) is 10.2 Å². The van der Waals surface area contributed by atoms with Gasteiger partial charge in [0.25, 0.3) is 0 Å². The van der Waals surface area contributed by atoms with Crippen LogP contribution in [-0.4, -0.2) is 37.1 Å². The van der Waals surface area contributed by atoms with Gasteiger partial charge in [-0.1, -0.05) is 6.92 Å². The zero-order valence-corrected chi connectivity index (χ0v) is 8.57. The van der Waals surface area contributed by atoms with Crippen molar-refractivity contribution in [2.24, 2.45) is 5.92 Å². The van der Waals surface area contributed by atoms with Gasteiger partial charge in [0.2, 0.25) is 0 Å². The second kappa shape index (κ2) is 4.45. The van der Waals surface area contributed by atoms with Gasteiger partial charge in [-0.2, -0.15) is 0 Å². The van der Waals surface area contributed by atoms with E-state index in [9.17, 15) is 0 Å². The molecule has 0 bridgehead atoms. The summed E-state index contributed by atoms with van der Waals surface area (Å²) in [7, 11) is 0. The lowest BCUT2D eigenvalue weighted by Gasteiger charge is -2.21. The van der Waals surface area contributed by atoms with E-state index in [4.69, 9.17) is 0 Å². The van der Waals surface area contributed by atoms with Crippen LogP contribution in [0.2, 0.25) is 0 Å². The Labute approximate surface area is 81.1 Å². The Morgan fingerprint density at radius 1 is 1.42 bits per heavy atom. The van der Waals surface area contributed by atoms with Crippen LogP contribution in [0.4, 0.5) is 0 Å². The third-order valence-electron chi connectivity index (χ3n) is 3.07. The van der Waals surface area contributed by atoms with E-state index in [1.54, 1.807) is 0 Å². The highest BCUT2D eigenvalue weighted by Crippen LogP contribution is 2.26. The number of halogens is 1. The van der Waals surface area contributed by atoms with Gasteiger partial charge >= 0.3 is 0 Å². The number of hydrogen-bond acceptors (Lipinski definition) is 2. The first-order chi connectivity index (χ1) is 5.42. The first-order valence-corrected chi connectivity index (χ1v) is 4.86. The summed E-state index contributed by atoms with van der Waals surface area (Å²) in [5, 5.41) is 3.47. The van der Waals surface area contributed by atoms with Crippen molar-refractivity contribution in [3.05, 3.63) is 0 Å². The van der Waals surface area contributed by atoms with Gasteiger partial charge in [0.05, 0.1) is 0 Å². The van der Waals surface area contributed by atoms with Crippen LogP contribution in [0.1, 0.15) is 19.8 Å². The van der Waals surface area contributed by atoms with Gasteiger partial charge in [0, 0.05) is 12.6 Å². The number of likely N-dealkylation sites (tertiary alicyclic amines) is 1. The molecule has 2 nitrogen and oxygen atoms in total. The van der Waals surface area contributed by atoms with Crippen LogP contribution in [0.25, 0.3) is 0 Å². The molecule has 2 saturated heterocycles. The Bertz CT molecular complexity index is 138. The standard InChI is InChI=1S/C9H18N2.ClH/c1-2-4-11-5-3-8-6-10-7-9(8)11;/h8-10H,2-7H2,1H3;1H/t8-,9+;/m0./s1. The van der Waals surface area contributed by atoms with Gasteiger partial charge in [0.1, 0.15) is 0 Å². The minimum absolute atomic E-state index is 0. The third kappa shape index (κ3) is 1.76. The van der Waals surface area contributed by atoms with Crippen LogP contribution in [-0.2, 0) is 0 Å². The molecule has 2 rings (SSSR count). The summed E-state index contributed by atoms with van der Waals surface area (Å²) in [6.45, 7) is 7.44. The second-order valence-corrected chi connectivity index (χ2v) is 3.81. The van der Waals surface area contributed by atoms with Gasteiger partial charge in [0.15, 0.2) is 0 Å².